The fourth-order valence-corrected chi connectivity index (χ4v) is 1.17. The van der Waals surface area contributed by atoms with Crippen LogP contribution < -0.4 is 5.73 Å². The van der Waals surface area contributed by atoms with Crippen molar-refractivity contribution in [2.24, 2.45) is 0 Å². The first-order chi connectivity index (χ1) is 6.69. The summed E-state index contributed by atoms with van der Waals surface area (Å²) in [6.07, 6.45) is 5.26. The molecule has 0 fully saturated rings. The SMILES string of the molecule is C=C/C=C(\C=C)c1nc(C)ccc1N. The molecule has 14 heavy (non-hydrogen) atoms. The molecule has 0 unspecified atom stereocenters. The van der Waals surface area contributed by atoms with Gasteiger partial charge in [-0.2, -0.15) is 0 Å². The molecule has 0 bridgehead atoms. The highest BCUT2D eigenvalue weighted by Crippen LogP contribution is 2.20. The monoisotopic (exact) mass is 186 g/mol. The Morgan fingerprint density at radius 3 is 2.71 bits per heavy atom. The molecule has 0 saturated heterocycles. The van der Waals surface area contributed by atoms with Crippen LogP contribution in [0, 0.1) is 6.92 Å². The second kappa shape index (κ2) is 4.42. The number of nitrogens with two attached hydrogens (primary N) is 1. The number of nitrogen functional groups attached to an aromatic ring is 1. The van der Waals surface area contributed by atoms with Crippen molar-refractivity contribution in [3.63, 3.8) is 0 Å². The fourth-order valence-electron chi connectivity index (χ4n) is 1.17. The Hall–Kier alpha value is -1.83. The van der Waals surface area contributed by atoms with Crippen LogP contribution in [0.2, 0.25) is 0 Å². The molecule has 0 radical (unpaired) electrons. The van der Waals surface area contributed by atoms with Crippen LogP contribution in [0.3, 0.4) is 0 Å². The van der Waals surface area contributed by atoms with Crippen LogP contribution in [-0.2, 0) is 0 Å². The first kappa shape index (κ1) is 10.3. The summed E-state index contributed by atoms with van der Waals surface area (Å²) in [6, 6.07) is 3.73. The summed E-state index contributed by atoms with van der Waals surface area (Å²) in [5.74, 6) is 0. The molecule has 0 saturated carbocycles. The Balaban J connectivity index is 3.28. The second-order valence-corrected chi connectivity index (χ2v) is 2.95. The van der Waals surface area contributed by atoms with E-state index in [0.29, 0.717) is 5.69 Å². The van der Waals surface area contributed by atoms with Crippen LogP contribution in [0.1, 0.15) is 11.4 Å². The van der Waals surface area contributed by atoms with E-state index in [-0.39, 0.29) is 0 Å². The van der Waals surface area contributed by atoms with Crippen LogP contribution in [0.5, 0.6) is 0 Å². The summed E-state index contributed by atoms with van der Waals surface area (Å²) in [6.45, 7) is 9.28. The molecule has 2 N–H and O–H groups in total. The van der Waals surface area contributed by atoms with Gasteiger partial charge in [-0.25, -0.2) is 0 Å². The lowest BCUT2D eigenvalue weighted by Crippen LogP contribution is -1.97. The molecule has 0 atom stereocenters. The number of aryl methyl sites for hydroxylation is 1. The van der Waals surface area contributed by atoms with Crippen molar-refractivity contribution in [2.45, 2.75) is 6.92 Å². The molecule has 0 aliphatic heterocycles. The topological polar surface area (TPSA) is 38.9 Å². The van der Waals surface area contributed by atoms with Gasteiger partial charge in [0.1, 0.15) is 0 Å². The van der Waals surface area contributed by atoms with Gasteiger partial charge in [0.15, 0.2) is 0 Å². The van der Waals surface area contributed by atoms with Crippen molar-refractivity contribution < 1.29 is 0 Å². The standard InChI is InChI=1S/C12H14N2/c1-4-6-10(5-2)12-11(13)8-7-9(3)14-12/h4-8H,1-2,13H2,3H3/b10-6+. The van der Waals surface area contributed by atoms with Gasteiger partial charge in [-0.05, 0) is 19.1 Å². The molecule has 1 aromatic heterocycles. The van der Waals surface area contributed by atoms with Gasteiger partial charge in [-0.1, -0.05) is 31.4 Å². The zero-order chi connectivity index (χ0) is 10.6. The van der Waals surface area contributed by atoms with Gasteiger partial charge in [-0.3, -0.25) is 4.98 Å². The summed E-state index contributed by atoms with van der Waals surface area (Å²) in [7, 11) is 0. The van der Waals surface area contributed by atoms with Crippen molar-refractivity contribution in [1.29, 1.82) is 0 Å². The molecule has 0 amide bonds. The molecule has 0 aliphatic carbocycles. The third-order valence-corrected chi connectivity index (χ3v) is 1.86. The zero-order valence-electron chi connectivity index (χ0n) is 8.33. The van der Waals surface area contributed by atoms with Crippen molar-refractivity contribution in [2.75, 3.05) is 5.73 Å². The third kappa shape index (κ3) is 2.10. The van der Waals surface area contributed by atoms with Gasteiger partial charge in [0.05, 0.1) is 11.4 Å². The maximum absolute atomic E-state index is 5.81. The minimum Gasteiger partial charge on any atom is -0.397 e. The summed E-state index contributed by atoms with van der Waals surface area (Å²) < 4.78 is 0. The lowest BCUT2D eigenvalue weighted by atomic mass is 10.1. The van der Waals surface area contributed by atoms with E-state index in [9.17, 15) is 0 Å². The van der Waals surface area contributed by atoms with Crippen LogP contribution in [-0.4, -0.2) is 4.98 Å². The maximum atomic E-state index is 5.81. The van der Waals surface area contributed by atoms with E-state index in [4.69, 9.17) is 5.73 Å². The van der Waals surface area contributed by atoms with Gasteiger partial charge in [0.25, 0.3) is 0 Å². The minimum absolute atomic E-state index is 0.656. The highest BCUT2D eigenvalue weighted by molar-refractivity contribution is 5.79. The summed E-state index contributed by atoms with van der Waals surface area (Å²) in [5.41, 5.74) is 9.06. The molecule has 0 spiro atoms. The maximum Gasteiger partial charge on any atom is 0.0934 e. The summed E-state index contributed by atoms with van der Waals surface area (Å²) in [5, 5.41) is 0. The van der Waals surface area contributed by atoms with Crippen molar-refractivity contribution >= 4 is 11.3 Å². The van der Waals surface area contributed by atoms with Gasteiger partial charge in [0, 0.05) is 11.3 Å². The predicted molar refractivity (Wildman–Crippen MR) is 61.8 cm³/mol. The number of rotatable bonds is 3. The normalized spacial score (nSPS) is 11.1. The third-order valence-electron chi connectivity index (χ3n) is 1.86. The molecule has 0 aliphatic rings. The highest BCUT2D eigenvalue weighted by Gasteiger charge is 2.03. The Morgan fingerprint density at radius 2 is 2.14 bits per heavy atom. The van der Waals surface area contributed by atoms with Crippen LogP contribution in [0.15, 0.2) is 43.5 Å². The number of aromatic nitrogens is 1. The Bertz CT molecular complexity index is 389. The second-order valence-electron chi connectivity index (χ2n) is 2.95. The lowest BCUT2D eigenvalue weighted by Gasteiger charge is -2.05. The van der Waals surface area contributed by atoms with Gasteiger partial charge in [-0.15, -0.1) is 0 Å². The first-order valence-corrected chi connectivity index (χ1v) is 4.37. The summed E-state index contributed by atoms with van der Waals surface area (Å²) >= 11 is 0. The van der Waals surface area contributed by atoms with Crippen LogP contribution >= 0.6 is 0 Å². The highest BCUT2D eigenvalue weighted by atomic mass is 14.8. The number of anilines is 1. The molecule has 1 rings (SSSR count). The average Bonchev–Trinajstić information content (AvgIpc) is 2.18. The smallest absolute Gasteiger partial charge is 0.0934 e. The fraction of sp³-hybridized carbons (Fsp3) is 0.0833. The van der Waals surface area contributed by atoms with Gasteiger partial charge < -0.3 is 5.73 Å². The Morgan fingerprint density at radius 1 is 1.43 bits per heavy atom. The van der Waals surface area contributed by atoms with Crippen molar-refractivity contribution in [3.05, 3.63) is 54.9 Å². The van der Waals surface area contributed by atoms with Gasteiger partial charge in [0.2, 0.25) is 0 Å². The predicted octanol–water partition coefficient (Wildman–Crippen LogP) is 2.73. The molecule has 2 heteroatoms. The lowest BCUT2D eigenvalue weighted by molar-refractivity contribution is 1.18. The molecule has 0 aromatic carbocycles. The van der Waals surface area contributed by atoms with Crippen molar-refractivity contribution in [1.82, 2.24) is 4.98 Å². The number of nitrogens with zero attached hydrogens (tertiary/aromatic N) is 1. The number of allylic oxidation sites excluding steroid dienone is 4. The van der Waals surface area contributed by atoms with E-state index in [0.717, 1.165) is 17.0 Å². The van der Waals surface area contributed by atoms with Crippen LogP contribution in [0.4, 0.5) is 5.69 Å². The Labute approximate surface area is 84.5 Å². The van der Waals surface area contributed by atoms with Gasteiger partial charge >= 0.3 is 0 Å². The number of hydrogen-bond acceptors (Lipinski definition) is 2. The molecule has 1 aromatic rings. The zero-order valence-corrected chi connectivity index (χ0v) is 8.33. The van der Waals surface area contributed by atoms with E-state index < -0.39 is 0 Å². The molecular weight excluding hydrogens is 172 g/mol. The molecular formula is C12H14N2. The van der Waals surface area contributed by atoms with E-state index in [1.165, 1.54) is 0 Å². The van der Waals surface area contributed by atoms with Crippen LogP contribution in [0.25, 0.3) is 5.57 Å². The molecule has 2 nitrogen and oxygen atoms in total. The minimum atomic E-state index is 0.656. The van der Waals surface area contributed by atoms with E-state index in [1.54, 1.807) is 12.2 Å². The summed E-state index contributed by atoms with van der Waals surface area (Å²) in [4.78, 5) is 4.35. The molecule has 1 heterocycles. The first-order valence-electron chi connectivity index (χ1n) is 4.37. The average molecular weight is 186 g/mol. The number of hydrogen-bond donors (Lipinski definition) is 1. The number of pyridine rings is 1. The van der Waals surface area contributed by atoms with E-state index in [1.807, 2.05) is 25.1 Å². The molecule has 72 valence electrons. The largest absolute Gasteiger partial charge is 0.397 e. The van der Waals surface area contributed by atoms with E-state index >= 15 is 0 Å². The van der Waals surface area contributed by atoms with E-state index in [2.05, 4.69) is 18.1 Å². The Kier molecular flexibility index (Phi) is 3.24. The quantitative estimate of drug-likeness (QED) is 0.737. The van der Waals surface area contributed by atoms with Crippen molar-refractivity contribution in [3.8, 4) is 0 Å².